The van der Waals surface area contributed by atoms with Crippen LogP contribution in [0.4, 0.5) is 5.13 Å². The maximum atomic E-state index is 12.8. The number of amides is 1. The Morgan fingerprint density at radius 3 is 2.65 bits per heavy atom. The highest BCUT2D eigenvalue weighted by Crippen LogP contribution is 2.31. The summed E-state index contributed by atoms with van der Waals surface area (Å²) in [6, 6.07) is 15.9. The number of aromatic nitrogens is 1. The number of carbonyl (C=O) groups is 1. The largest absolute Gasteiger partial charge is 0.348 e. The molecule has 0 saturated carbocycles. The first-order chi connectivity index (χ1) is 12.7. The molecular weight excluding hydrogens is 342 g/mol. The van der Waals surface area contributed by atoms with Crippen molar-refractivity contribution in [3.05, 3.63) is 59.7 Å². The van der Waals surface area contributed by atoms with E-state index >= 15 is 0 Å². The van der Waals surface area contributed by atoms with Crippen molar-refractivity contribution in [1.82, 2.24) is 9.88 Å². The molecule has 3 aromatic rings. The Labute approximate surface area is 158 Å². The number of hydrogen-bond acceptors (Lipinski definition) is 4. The van der Waals surface area contributed by atoms with Crippen molar-refractivity contribution in [2.45, 2.75) is 25.8 Å². The van der Waals surface area contributed by atoms with Crippen LogP contribution in [-0.2, 0) is 6.54 Å². The van der Waals surface area contributed by atoms with Gasteiger partial charge in [-0.1, -0.05) is 41.7 Å². The van der Waals surface area contributed by atoms with Crippen LogP contribution >= 0.6 is 11.3 Å². The zero-order valence-electron chi connectivity index (χ0n) is 15.0. The third kappa shape index (κ3) is 3.58. The molecule has 2 heterocycles. The number of rotatable bonds is 4. The van der Waals surface area contributed by atoms with Crippen LogP contribution in [0.5, 0.6) is 0 Å². The van der Waals surface area contributed by atoms with Crippen LogP contribution in [0.3, 0.4) is 0 Å². The fourth-order valence-corrected chi connectivity index (χ4v) is 4.47. The number of anilines is 1. The van der Waals surface area contributed by atoms with Gasteiger partial charge in [0.25, 0.3) is 5.91 Å². The van der Waals surface area contributed by atoms with Crippen LogP contribution in [0.15, 0.2) is 48.5 Å². The Hall–Kier alpha value is -2.40. The molecule has 5 heteroatoms. The highest BCUT2D eigenvalue weighted by atomic mass is 32.1. The highest BCUT2D eigenvalue weighted by molar-refractivity contribution is 7.22. The molecule has 2 aromatic carbocycles. The van der Waals surface area contributed by atoms with Crippen molar-refractivity contribution >= 4 is 32.6 Å². The van der Waals surface area contributed by atoms with Gasteiger partial charge in [0, 0.05) is 32.2 Å². The van der Waals surface area contributed by atoms with Gasteiger partial charge >= 0.3 is 0 Å². The molecule has 4 rings (SSSR count). The highest BCUT2D eigenvalue weighted by Gasteiger charge is 2.17. The Morgan fingerprint density at radius 1 is 1.12 bits per heavy atom. The quantitative estimate of drug-likeness (QED) is 0.680. The van der Waals surface area contributed by atoms with Gasteiger partial charge < -0.3 is 9.80 Å². The van der Waals surface area contributed by atoms with Gasteiger partial charge in [-0.15, -0.1) is 0 Å². The van der Waals surface area contributed by atoms with E-state index in [1.165, 1.54) is 19.3 Å². The van der Waals surface area contributed by atoms with Gasteiger partial charge in [0.1, 0.15) is 0 Å². The number of fused-ring (bicyclic) bond motifs is 1. The second-order valence-corrected chi connectivity index (χ2v) is 7.88. The fraction of sp³-hybridized carbons (Fsp3) is 0.333. The van der Waals surface area contributed by atoms with E-state index in [1.54, 1.807) is 16.2 Å². The van der Waals surface area contributed by atoms with Crippen molar-refractivity contribution in [2.75, 3.05) is 25.0 Å². The van der Waals surface area contributed by atoms with E-state index in [-0.39, 0.29) is 5.91 Å². The molecule has 1 amide bonds. The molecule has 0 N–H and O–H groups in total. The lowest BCUT2D eigenvalue weighted by Crippen LogP contribution is -2.29. The molecule has 0 bridgehead atoms. The lowest BCUT2D eigenvalue weighted by molar-refractivity contribution is 0.0785. The molecule has 0 unspecified atom stereocenters. The van der Waals surface area contributed by atoms with Crippen molar-refractivity contribution in [2.24, 2.45) is 0 Å². The first kappa shape index (κ1) is 17.0. The SMILES string of the molecule is CN(Cc1ccccc1)C(=O)c1ccc2nc(N3CCCCC3)sc2c1. The minimum absolute atomic E-state index is 0.0451. The topological polar surface area (TPSA) is 36.4 Å². The van der Waals surface area contributed by atoms with Gasteiger partial charge in [-0.3, -0.25) is 4.79 Å². The molecule has 1 saturated heterocycles. The van der Waals surface area contributed by atoms with Crippen LogP contribution in [0.25, 0.3) is 10.2 Å². The third-order valence-corrected chi connectivity index (χ3v) is 5.94. The van der Waals surface area contributed by atoms with E-state index < -0.39 is 0 Å². The second-order valence-electron chi connectivity index (χ2n) is 6.87. The molecule has 0 radical (unpaired) electrons. The predicted octanol–water partition coefficient (Wildman–Crippen LogP) is 4.56. The van der Waals surface area contributed by atoms with Gasteiger partial charge in [0.15, 0.2) is 5.13 Å². The number of carbonyl (C=O) groups excluding carboxylic acids is 1. The van der Waals surface area contributed by atoms with Crippen LogP contribution in [0.1, 0.15) is 35.2 Å². The summed E-state index contributed by atoms with van der Waals surface area (Å²) in [5, 5.41) is 1.09. The molecule has 26 heavy (non-hydrogen) atoms. The number of hydrogen-bond donors (Lipinski definition) is 0. The number of nitrogens with zero attached hydrogens (tertiary/aromatic N) is 3. The summed E-state index contributed by atoms with van der Waals surface area (Å²) in [5.41, 5.74) is 2.84. The summed E-state index contributed by atoms with van der Waals surface area (Å²) in [4.78, 5) is 21.7. The number of thiazole rings is 1. The van der Waals surface area contributed by atoms with Gasteiger partial charge in [-0.25, -0.2) is 4.98 Å². The first-order valence-corrected chi connectivity index (χ1v) is 9.97. The summed E-state index contributed by atoms with van der Waals surface area (Å²) in [6.07, 6.45) is 3.79. The molecule has 1 fully saturated rings. The predicted molar refractivity (Wildman–Crippen MR) is 108 cm³/mol. The van der Waals surface area contributed by atoms with Crippen LogP contribution in [0.2, 0.25) is 0 Å². The standard InChI is InChI=1S/C21H23N3OS/c1-23(15-16-8-4-2-5-9-16)20(25)17-10-11-18-19(14-17)26-21(22-18)24-12-6-3-7-13-24/h2,4-5,8-11,14H,3,6-7,12-13,15H2,1H3. The number of benzene rings is 2. The molecule has 1 aromatic heterocycles. The van der Waals surface area contributed by atoms with Crippen molar-refractivity contribution in [3.63, 3.8) is 0 Å². The summed E-state index contributed by atoms with van der Waals surface area (Å²) >= 11 is 1.70. The van der Waals surface area contributed by atoms with Crippen LogP contribution in [-0.4, -0.2) is 35.9 Å². The Bertz CT molecular complexity index is 900. The lowest BCUT2D eigenvalue weighted by Gasteiger charge is -2.25. The Morgan fingerprint density at radius 2 is 1.88 bits per heavy atom. The average molecular weight is 366 g/mol. The smallest absolute Gasteiger partial charge is 0.253 e. The van der Waals surface area contributed by atoms with E-state index in [9.17, 15) is 4.79 Å². The van der Waals surface area contributed by atoms with Crippen LogP contribution < -0.4 is 4.90 Å². The van der Waals surface area contributed by atoms with E-state index in [0.717, 1.165) is 39.6 Å². The minimum Gasteiger partial charge on any atom is -0.348 e. The van der Waals surface area contributed by atoms with Crippen molar-refractivity contribution in [1.29, 1.82) is 0 Å². The second kappa shape index (κ2) is 7.46. The molecular formula is C21H23N3OS. The van der Waals surface area contributed by atoms with Gasteiger partial charge in [0.05, 0.1) is 10.2 Å². The van der Waals surface area contributed by atoms with Crippen molar-refractivity contribution < 1.29 is 4.79 Å². The third-order valence-electron chi connectivity index (χ3n) is 4.86. The van der Waals surface area contributed by atoms with Gasteiger partial charge in [-0.2, -0.15) is 0 Å². The maximum Gasteiger partial charge on any atom is 0.253 e. The van der Waals surface area contributed by atoms with E-state index in [4.69, 9.17) is 4.98 Å². The summed E-state index contributed by atoms with van der Waals surface area (Å²) in [5.74, 6) is 0.0451. The van der Waals surface area contributed by atoms with E-state index in [2.05, 4.69) is 4.90 Å². The summed E-state index contributed by atoms with van der Waals surface area (Å²) in [7, 11) is 1.85. The van der Waals surface area contributed by atoms with E-state index in [0.29, 0.717) is 6.54 Å². The first-order valence-electron chi connectivity index (χ1n) is 9.15. The fourth-order valence-electron chi connectivity index (χ4n) is 3.42. The molecule has 0 spiro atoms. The normalized spacial score (nSPS) is 14.6. The average Bonchev–Trinajstić information content (AvgIpc) is 3.12. The van der Waals surface area contributed by atoms with Gasteiger partial charge in [0.2, 0.25) is 0 Å². The molecule has 134 valence electrons. The summed E-state index contributed by atoms with van der Waals surface area (Å²) < 4.78 is 1.09. The summed E-state index contributed by atoms with van der Waals surface area (Å²) in [6.45, 7) is 2.79. The lowest BCUT2D eigenvalue weighted by atomic mass is 10.1. The number of piperidine rings is 1. The van der Waals surface area contributed by atoms with Crippen LogP contribution in [0, 0.1) is 0 Å². The zero-order valence-corrected chi connectivity index (χ0v) is 15.8. The van der Waals surface area contributed by atoms with Gasteiger partial charge in [-0.05, 0) is 43.0 Å². The Balaban J connectivity index is 1.53. The molecule has 1 aliphatic heterocycles. The molecule has 1 aliphatic rings. The van der Waals surface area contributed by atoms with Crippen molar-refractivity contribution in [3.8, 4) is 0 Å². The monoisotopic (exact) mass is 365 g/mol. The minimum atomic E-state index is 0.0451. The molecule has 0 atom stereocenters. The molecule has 4 nitrogen and oxygen atoms in total. The maximum absolute atomic E-state index is 12.8. The zero-order chi connectivity index (χ0) is 17.9. The van der Waals surface area contributed by atoms with E-state index in [1.807, 2.05) is 55.6 Å². The molecule has 0 aliphatic carbocycles. The Kier molecular flexibility index (Phi) is 4.89.